The number of aromatic nitrogens is 2. The zero-order chi connectivity index (χ0) is 23.7. The molecule has 1 amide bonds. The van der Waals surface area contributed by atoms with Crippen LogP contribution in [0.3, 0.4) is 0 Å². The van der Waals surface area contributed by atoms with Gasteiger partial charge in [-0.25, -0.2) is 5.43 Å². The molecule has 0 aliphatic heterocycles. The maximum Gasteiger partial charge on any atom is 0.289 e. The highest BCUT2D eigenvalue weighted by Crippen LogP contribution is 2.37. The van der Waals surface area contributed by atoms with Crippen LogP contribution in [0.25, 0.3) is 22.0 Å². The van der Waals surface area contributed by atoms with Gasteiger partial charge in [-0.15, -0.1) is 0 Å². The van der Waals surface area contributed by atoms with Gasteiger partial charge in [0.15, 0.2) is 11.5 Å². The normalized spacial score (nSPS) is 12.3. The molecule has 3 aromatic carbocycles. The Balaban J connectivity index is 1.36. The lowest BCUT2D eigenvalue weighted by Gasteiger charge is -2.11. The SMILES string of the molecule is COc1cc(OC)c(OC)cc1C=NNC(=O)c1cc(-c2ccc3c4c(cccc24)CC3)n[nH]1. The maximum absolute atomic E-state index is 12.7. The molecule has 0 radical (unpaired) electrons. The molecule has 0 spiro atoms. The molecule has 1 heterocycles. The van der Waals surface area contributed by atoms with E-state index in [1.54, 1.807) is 39.5 Å². The van der Waals surface area contributed by atoms with Gasteiger partial charge in [-0.2, -0.15) is 10.2 Å². The standard InChI is InChI=1S/C26H24N4O4/c1-32-22-13-24(34-3)23(33-2)11-17(22)14-27-30-26(31)21-12-20(28-29-21)18-10-9-16-8-7-15-5-4-6-19(18)25(15)16/h4-6,9-14H,7-8H2,1-3H3,(H,28,29)(H,30,31). The second-order valence-electron chi connectivity index (χ2n) is 7.93. The number of hydrogen-bond acceptors (Lipinski definition) is 6. The van der Waals surface area contributed by atoms with E-state index in [0.717, 1.165) is 23.8 Å². The van der Waals surface area contributed by atoms with Crippen molar-refractivity contribution in [1.29, 1.82) is 0 Å². The fourth-order valence-electron chi connectivity index (χ4n) is 4.42. The molecule has 8 heteroatoms. The Morgan fingerprint density at radius 2 is 1.71 bits per heavy atom. The van der Waals surface area contributed by atoms with Crippen molar-refractivity contribution >= 4 is 22.9 Å². The quantitative estimate of drug-likeness (QED) is 0.322. The first-order valence-corrected chi connectivity index (χ1v) is 10.9. The highest BCUT2D eigenvalue weighted by molar-refractivity contribution is 6.02. The number of nitrogens with one attached hydrogen (secondary N) is 2. The van der Waals surface area contributed by atoms with Crippen LogP contribution in [-0.4, -0.2) is 43.6 Å². The number of amides is 1. The van der Waals surface area contributed by atoms with E-state index in [0.29, 0.717) is 34.2 Å². The number of carbonyl (C=O) groups excluding carboxylic acids is 1. The fourth-order valence-corrected chi connectivity index (χ4v) is 4.42. The monoisotopic (exact) mass is 456 g/mol. The largest absolute Gasteiger partial charge is 0.496 e. The van der Waals surface area contributed by atoms with E-state index >= 15 is 0 Å². The minimum Gasteiger partial charge on any atom is -0.496 e. The molecule has 1 aliphatic rings. The number of benzene rings is 3. The summed E-state index contributed by atoms with van der Waals surface area (Å²) in [6.07, 6.45) is 3.61. The summed E-state index contributed by atoms with van der Waals surface area (Å²) in [7, 11) is 4.64. The van der Waals surface area contributed by atoms with Crippen molar-refractivity contribution in [2.45, 2.75) is 12.8 Å². The molecule has 4 aromatic rings. The third-order valence-corrected chi connectivity index (χ3v) is 6.08. The highest BCUT2D eigenvalue weighted by atomic mass is 16.5. The molecule has 0 fully saturated rings. The molecular formula is C26H24N4O4. The summed E-state index contributed by atoms with van der Waals surface area (Å²) >= 11 is 0. The summed E-state index contributed by atoms with van der Waals surface area (Å²) in [5, 5.41) is 13.7. The van der Waals surface area contributed by atoms with E-state index in [2.05, 4.69) is 51.1 Å². The molecule has 172 valence electrons. The Morgan fingerprint density at radius 1 is 0.971 bits per heavy atom. The molecule has 0 atom stereocenters. The number of aromatic amines is 1. The molecule has 0 saturated carbocycles. The van der Waals surface area contributed by atoms with Crippen LogP contribution in [0.15, 0.2) is 53.6 Å². The number of ether oxygens (including phenoxy) is 3. The third-order valence-electron chi connectivity index (χ3n) is 6.08. The lowest BCUT2D eigenvalue weighted by Crippen LogP contribution is -2.18. The van der Waals surface area contributed by atoms with Crippen LogP contribution >= 0.6 is 0 Å². The number of hydrazone groups is 1. The summed E-state index contributed by atoms with van der Waals surface area (Å²) < 4.78 is 16.0. The number of hydrogen-bond donors (Lipinski definition) is 2. The van der Waals surface area contributed by atoms with Gasteiger partial charge in [0, 0.05) is 17.2 Å². The van der Waals surface area contributed by atoms with Crippen molar-refractivity contribution in [2.75, 3.05) is 21.3 Å². The van der Waals surface area contributed by atoms with Gasteiger partial charge < -0.3 is 14.2 Å². The van der Waals surface area contributed by atoms with E-state index in [9.17, 15) is 4.79 Å². The average Bonchev–Trinajstić information content (AvgIpc) is 3.53. The summed E-state index contributed by atoms with van der Waals surface area (Å²) in [4.78, 5) is 12.7. The van der Waals surface area contributed by atoms with Crippen LogP contribution < -0.4 is 19.6 Å². The number of methoxy groups -OCH3 is 3. The van der Waals surface area contributed by atoms with Gasteiger partial charge in [0.05, 0.1) is 33.2 Å². The molecule has 2 N–H and O–H groups in total. The summed E-state index contributed by atoms with van der Waals surface area (Å²) in [5.74, 6) is 1.19. The minimum absolute atomic E-state index is 0.315. The van der Waals surface area contributed by atoms with Gasteiger partial charge in [-0.05, 0) is 46.9 Å². The third kappa shape index (κ3) is 3.73. The first-order valence-electron chi connectivity index (χ1n) is 10.9. The minimum atomic E-state index is -0.402. The van der Waals surface area contributed by atoms with E-state index in [-0.39, 0.29) is 0 Å². The first-order chi connectivity index (χ1) is 16.6. The molecule has 1 aliphatic carbocycles. The van der Waals surface area contributed by atoms with Crippen LogP contribution in [0.2, 0.25) is 0 Å². The predicted octanol–water partition coefficient (Wildman–Crippen LogP) is 4.12. The highest BCUT2D eigenvalue weighted by Gasteiger charge is 2.18. The van der Waals surface area contributed by atoms with Gasteiger partial charge >= 0.3 is 0 Å². The summed E-state index contributed by atoms with van der Waals surface area (Å²) in [6, 6.07) is 15.7. The predicted molar refractivity (Wildman–Crippen MR) is 130 cm³/mol. The number of carbonyl (C=O) groups is 1. The van der Waals surface area contributed by atoms with Crippen molar-refractivity contribution in [3.05, 3.63) is 70.9 Å². The topological polar surface area (TPSA) is 97.8 Å². The molecular weight excluding hydrogens is 432 g/mol. The molecule has 34 heavy (non-hydrogen) atoms. The first kappa shape index (κ1) is 21.5. The maximum atomic E-state index is 12.7. The van der Waals surface area contributed by atoms with E-state index in [1.165, 1.54) is 22.7 Å². The lowest BCUT2D eigenvalue weighted by molar-refractivity contribution is 0.0950. The van der Waals surface area contributed by atoms with Crippen LogP contribution in [0, 0.1) is 0 Å². The van der Waals surface area contributed by atoms with Gasteiger partial charge in [0.2, 0.25) is 0 Å². The van der Waals surface area contributed by atoms with Crippen LogP contribution in [0.4, 0.5) is 0 Å². The van der Waals surface area contributed by atoms with Crippen molar-refractivity contribution in [3.63, 3.8) is 0 Å². The Labute approximate surface area is 196 Å². The van der Waals surface area contributed by atoms with Crippen molar-refractivity contribution in [1.82, 2.24) is 15.6 Å². The zero-order valence-electron chi connectivity index (χ0n) is 19.1. The van der Waals surface area contributed by atoms with Gasteiger partial charge in [-0.3, -0.25) is 9.89 Å². The smallest absolute Gasteiger partial charge is 0.289 e. The molecule has 5 rings (SSSR count). The van der Waals surface area contributed by atoms with Crippen LogP contribution in [-0.2, 0) is 12.8 Å². The molecule has 1 aromatic heterocycles. The Morgan fingerprint density at radius 3 is 2.47 bits per heavy atom. The van der Waals surface area contributed by atoms with E-state index < -0.39 is 5.91 Å². The van der Waals surface area contributed by atoms with E-state index in [1.807, 2.05) is 0 Å². The Hall–Kier alpha value is -4.33. The molecule has 0 bridgehead atoms. The molecule has 0 saturated heterocycles. The van der Waals surface area contributed by atoms with Gasteiger partial charge in [0.25, 0.3) is 5.91 Å². The van der Waals surface area contributed by atoms with Gasteiger partial charge in [0.1, 0.15) is 11.4 Å². The number of nitrogens with zero attached hydrogens (tertiary/aromatic N) is 2. The second-order valence-corrected chi connectivity index (χ2v) is 7.93. The fraction of sp³-hybridized carbons (Fsp3) is 0.192. The van der Waals surface area contributed by atoms with E-state index in [4.69, 9.17) is 14.2 Å². The summed E-state index contributed by atoms with van der Waals surface area (Å²) in [6.45, 7) is 0. The lowest BCUT2D eigenvalue weighted by atomic mass is 9.98. The number of rotatable bonds is 7. The number of aryl methyl sites for hydroxylation is 2. The van der Waals surface area contributed by atoms with Crippen molar-refractivity contribution in [2.24, 2.45) is 5.10 Å². The Kier molecular flexibility index (Phi) is 5.63. The van der Waals surface area contributed by atoms with Crippen LogP contribution in [0.5, 0.6) is 17.2 Å². The van der Waals surface area contributed by atoms with Crippen molar-refractivity contribution < 1.29 is 19.0 Å². The molecule has 8 nitrogen and oxygen atoms in total. The zero-order valence-corrected chi connectivity index (χ0v) is 19.1. The second kappa shape index (κ2) is 8.90. The average molecular weight is 457 g/mol. The molecule has 0 unspecified atom stereocenters. The van der Waals surface area contributed by atoms with Crippen LogP contribution in [0.1, 0.15) is 27.2 Å². The van der Waals surface area contributed by atoms with Crippen molar-refractivity contribution in [3.8, 4) is 28.5 Å². The number of H-pyrrole nitrogens is 1. The summed E-state index contributed by atoms with van der Waals surface area (Å²) in [5.41, 5.74) is 7.90. The van der Waals surface area contributed by atoms with Gasteiger partial charge in [-0.1, -0.05) is 30.3 Å². The Bertz CT molecular complexity index is 1410.